The number of aryl methyl sites for hydroxylation is 1. The Bertz CT molecular complexity index is 915. The Morgan fingerprint density at radius 3 is 2.61 bits per heavy atom. The Balaban J connectivity index is 1.72. The number of pyridine rings is 1. The maximum absolute atomic E-state index is 12.8. The molecule has 31 heavy (non-hydrogen) atoms. The summed E-state index contributed by atoms with van der Waals surface area (Å²) in [5.74, 6) is 0. The molecule has 3 rings (SSSR count). The largest absolute Gasteiger partial charge is 0.363 e. The minimum Gasteiger partial charge on any atom is -0.363 e. The van der Waals surface area contributed by atoms with Crippen molar-refractivity contribution in [2.75, 3.05) is 26.2 Å². The molecule has 0 aliphatic heterocycles. The molecule has 170 valence electrons. The maximum Gasteiger partial charge on any atom is 0.253 e. The molecule has 0 atom stereocenters. The minimum absolute atomic E-state index is 0.0109. The van der Waals surface area contributed by atoms with Crippen molar-refractivity contribution in [1.29, 1.82) is 0 Å². The number of nitrogens with one attached hydrogen (secondary N) is 2. The molecule has 1 saturated carbocycles. The minimum atomic E-state index is -0.0109. The molecule has 1 fully saturated rings. The van der Waals surface area contributed by atoms with Crippen LogP contribution in [0.3, 0.4) is 0 Å². The standard InChI is InChI=1S/C25H38N4OS/c1-4-28(5-2)15-9-14-26-25(31)29(22-10-7-6-8-11-22)18-21-17-20-13-12-19(3)16-23(20)27-24(21)30/h12-13,16-17,22H,4-11,14-15,18H2,1-3H3,(H,26,31)(H,27,30). The van der Waals surface area contributed by atoms with Crippen LogP contribution < -0.4 is 10.9 Å². The predicted molar refractivity (Wildman–Crippen MR) is 135 cm³/mol. The zero-order chi connectivity index (χ0) is 22.2. The molecule has 0 spiro atoms. The van der Waals surface area contributed by atoms with Crippen LogP contribution in [0.5, 0.6) is 0 Å². The summed E-state index contributed by atoms with van der Waals surface area (Å²) in [5, 5.41) is 5.34. The Morgan fingerprint density at radius 2 is 1.90 bits per heavy atom. The molecule has 1 aliphatic rings. The van der Waals surface area contributed by atoms with Crippen molar-refractivity contribution in [2.45, 2.75) is 71.9 Å². The van der Waals surface area contributed by atoms with Crippen LogP contribution in [0.25, 0.3) is 10.9 Å². The summed E-state index contributed by atoms with van der Waals surface area (Å²) in [6.45, 7) is 11.1. The number of benzene rings is 1. The van der Waals surface area contributed by atoms with Crippen molar-refractivity contribution >= 4 is 28.2 Å². The summed E-state index contributed by atoms with van der Waals surface area (Å²) < 4.78 is 0. The van der Waals surface area contributed by atoms with E-state index in [-0.39, 0.29) is 5.56 Å². The van der Waals surface area contributed by atoms with Crippen LogP contribution in [-0.4, -0.2) is 52.1 Å². The number of fused-ring (bicyclic) bond motifs is 1. The van der Waals surface area contributed by atoms with Gasteiger partial charge in [-0.15, -0.1) is 0 Å². The van der Waals surface area contributed by atoms with E-state index in [2.05, 4.69) is 46.1 Å². The molecule has 0 unspecified atom stereocenters. The normalized spacial score (nSPS) is 14.8. The first kappa shape index (κ1) is 23.7. The molecule has 1 heterocycles. The van der Waals surface area contributed by atoms with Gasteiger partial charge in [-0.3, -0.25) is 4.79 Å². The first-order valence-corrected chi connectivity index (χ1v) is 12.3. The van der Waals surface area contributed by atoms with Crippen LogP contribution in [0.4, 0.5) is 0 Å². The Morgan fingerprint density at radius 1 is 1.16 bits per heavy atom. The van der Waals surface area contributed by atoms with E-state index in [0.29, 0.717) is 12.6 Å². The molecule has 1 aliphatic carbocycles. The summed E-state index contributed by atoms with van der Waals surface area (Å²) in [5.41, 5.74) is 2.82. The number of thiocarbonyl (C=S) groups is 1. The molecule has 2 N–H and O–H groups in total. The van der Waals surface area contributed by atoms with Crippen LogP contribution in [0, 0.1) is 6.92 Å². The maximum atomic E-state index is 12.8. The van der Waals surface area contributed by atoms with Gasteiger partial charge >= 0.3 is 0 Å². The average molecular weight is 443 g/mol. The Labute approximate surface area is 192 Å². The monoisotopic (exact) mass is 442 g/mol. The average Bonchev–Trinajstić information content (AvgIpc) is 2.78. The van der Waals surface area contributed by atoms with Crippen molar-refractivity contribution in [1.82, 2.24) is 20.1 Å². The lowest BCUT2D eigenvalue weighted by atomic mass is 9.94. The smallest absolute Gasteiger partial charge is 0.253 e. The van der Waals surface area contributed by atoms with E-state index in [1.165, 1.54) is 19.3 Å². The molecule has 6 heteroatoms. The van der Waals surface area contributed by atoms with Gasteiger partial charge in [0.2, 0.25) is 0 Å². The zero-order valence-electron chi connectivity index (χ0n) is 19.4. The van der Waals surface area contributed by atoms with Gasteiger partial charge in [0.1, 0.15) is 0 Å². The van der Waals surface area contributed by atoms with Gasteiger partial charge in [-0.2, -0.15) is 0 Å². The van der Waals surface area contributed by atoms with Gasteiger partial charge in [-0.1, -0.05) is 45.2 Å². The van der Waals surface area contributed by atoms with Crippen molar-refractivity contribution in [3.63, 3.8) is 0 Å². The third-order valence-corrected chi connectivity index (χ3v) is 6.90. The highest BCUT2D eigenvalue weighted by Crippen LogP contribution is 2.24. The second kappa shape index (κ2) is 11.6. The van der Waals surface area contributed by atoms with Crippen LogP contribution in [0.15, 0.2) is 29.1 Å². The lowest BCUT2D eigenvalue weighted by molar-refractivity contribution is 0.233. The summed E-state index contributed by atoms with van der Waals surface area (Å²) >= 11 is 5.84. The number of aromatic amines is 1. The quantitative estimate of drug-likeness (QED) is 0.440. The molecule has 1 aromatic heterocycles. The summed E-state index contributed by atoms with van der Waals surface area (Å²) in [6, 6.07) is 8.64. The number of hydrogen-bond acceptors (Lipinski definition) is 3. The molecular weight excluding hydrogens is 404 g/mol. The fraction of sp³-hybridized carbons (Fsp3) is 0.600. The molecule has 0 bridgehead atoms. The molecule has 5 nitrogen and oxygen atoms in total. The molecule has 2 aromatic rings. The van der Waals surface area contributed by atoms with Crippen molar-refractivity contribution in [3.8, 4) is 0 Å². The number of aromatic nitrogens is 1. The van der Waals surface area contributed by atoms with Crippen molar-refractivity contribution in [3.05, 3.63) is 45.7 Å². The number of hydrogen-bond donors (Lipinski definition) is 2. The van der Waals surface area contributed by atoms with Crippen LogP contribution in [0.2, 0.25) is 0 Å². The topological polar surface area (TPSA) is 51.4 Å². The summed E-state index contributed by atoms with van der Waals surface area (Å²) in [4.78, 5) is 20.6. The Hall–Kier alpha value is -1.92. The number of H-pyrrole nitrogens is 1. The first-order chi connectivity index (χ1) is 15.0. The van der Waals surface area contributed by atoms with Gasteiger partial charge in [0.25, 0.3) is 5.56 Å². The highest BCUT2D eigenvalue weighted by Gasteiger charge is 2.24. The second-order valence-electron chi connectivity index (χ2n) is 8.75. The Kier molecular flexibility index (Phi) is 8.90. The molecule has 0 amide bonds. The zero-order valence-corrected chi connectivity index (χ0v) is 20.2. The molecule has 0 saturated heterocycles. The highest BCUT2D eigenvalue weighted by atomic mass is 32.1. The van der Waals surface area contributed by atoms with Gasteiger partial charge in [0, 0.05) is 23.7 Å². The second-order valence-corrected chi connectivity index (χ2v) is 9.13. The molecule has 0 radical (unpaired) electrons. The van der Waals surface area contributed by atoms with Gasteiger partial charge in [0.15, 0.2) is 5.11 Å². The van der Waals surface area contributed by atoms with Crippen molar-refractivity contribution < 1.29 is 0 Å². The van der Waals surface area contributed by atoms with E-state index in [9.17, 15) is 4.79 Å². The summed E-state index contributed by atoms with van der Waals surface area (Å²) in [7, 11) is 0. The van der Waals surface area contributed by atoms with Gasteiger partial charge in [0.05, 0.1) is 6.54 Å². The van der Waals surface area contributed by atoms with E-state index >= 15 is 0 Å². The fourth-order valence-corrected chi connectivity index (χ4v) is 4.88. The van der Waals surface area contributed by atoms with Crippen molar-refractivity contribution in [2.24, 2.45) is 0 Å². The van der Waals surface area contributed by atoms with Gasteiger partial charge in [-0.25, -0.2) is 0 Å². The van der Waals surface area contributed by atoms with Crippen LogP contribution in [-0.2, 0) is 6.54 Å². The van der Waals surface area contributed by atoms with Crippen LogP contribution >= 0.6 is 12.2 Å². The lowest BCUT2D eigenvalue weighted by Gasteiger charge is -2.36. The summed E-state index contributed by atoms with van der Waals surface area (Å²) in [6.07, 6.45) is 7.12. The molecular formula is C25H38N4OS. The van der Waals surface area contributed by atoms with E-state index in [4.69, 9.17) is 12.2 Å². The predicted octanol–water partition coefficient (Wildman–Crippen LogP) is 4.58. The van der Waals surface area contributed by atoms with E-state index in [0.717, 1.165) is 72.6 Å². The fourth-order valence-electron chi connectivity index (χ4n) is 4.56. The number of rotatable bonds is 9. The van der Waals surface area contributed by atoms with E-state index < -0.39 is 0 Å². The van der Waals surface area contributed by atoms with Crippen LogP contribution in [0.1, 0.15) is 63.5 Å². The number of nitrogens with zero attached hydrogens (tertiary/aromatic N) is 2. The third kappa shape index (κ3) is 6.53. The highest BCUT2D eigenvalue weighted by molar-refractivity contribution is 7.80. The SMILES string of the molecule is CCN(CC)CCCNC(=S)N(Cc1cc2ccc(C)cc2[nH]c1=O)C1CCCCC1. The van der Waals surface area contributed by atoms with Gasteiger partial charge < -0.3 is 20.1 Å². The van der Waals surface area contributed by atoms with Gasteiger partial charge in [-0.05, 0) is 81.1 Å². The first-order valence-electron chi connectivity index (χ1n) is 11.9. The van der Waals surface area contributed by atoms with E-state index in [1.807, 2.05) is 19.1 Å². The molecule has 1 aromatic carbocycles. The van der Waals surface area contributed by atoms with E-state index in [1.54, 1.807) is 0 Å². The third-order valence-electron chi connectivity index (χ3n) is 6.52. The lowest BCUT2D eigenvalue weighted by Crippen LogP contribution is -2.47.